The van der Waals surface area contributed by atoms with Crippen molar-refractivity contribution in [3.63, 3.8) is 0 Å². The van der Waals surface area contributed by atoms with Gasteiger partial charge in [-0.3, -0.25) is 0 Å². The minimum Gasteiger partial charge on any atom is -0.467 e. The summed E-state index contributed by atoms with van der Waals surface area (Å²) in [6, 6.07) is 7.58. The SMILES string of the molecule is c1coc(CNc2cccnc2-n2cncn2)c1. The summed E-state index contributed by atoms with van der Waals surface area (Å²) < 4.78 is 6.88. The Bertz CT molecular complexity index is 603. The largest absolute Gasteiger partial charge is 0.467 e. The Hall–Kier alpha value is -2.63. The van der Waals surface area contributed by atoms with E-state index in [0.29, 0.717) is 12.4 Å². The fraction of sp³-hybridized carbons (Fsp3) is 0.0833. The highest BCUT2D eigenvalue weighted by Gasteiger charge is 2.06. The molecular formula is C12H11N5O. The molecule has 3 aromatic heterocycles. The van der Waals surface area contributed by atoms with E-state index in [0.717, 1.165) is 11.4 Å². The Balaban J connectivity index is 1.84. The first kappa shape index (κ1) is 10.5. The summed E-state index contributed by atoms with van der Waals surface area (Å²) in [6.07, 6.45) is 6.46. The smallest absolute Gasteiger partial charge is 0.178 e. The van der Waals surface area contributed by atoms with E-state index in [1.807, 2.05) is 24.3 Å². The molecule has 0 radical (unpaired) electrons. The lowest BCUT2D eigenvalue weighted by Crippen LogP contribution is -2.06. The van der Waals surface area contributed by atoms with Gasteiger partial charge in [-0.25, -0.2) is 14.6 Å². The lowest BCUT2D eigenvalue weighted by atomic mass is 10.3. The molecule has 0 atom stereocenters. The molecular weight excluding hydrogens is 230 g/mol. The van der Waals surface area contributed by atoms with E-state index >= 15 is 0 Å². The van der Waals surface area contributed by atoms with Gasteiger partial charge >= 0.3 is 0 Å². The van der Waals surface area contributed by atoms with E-state index in [1.165, 1.54) is 6.33 Å². The van der Waals surface area contributed by atoms with Crippen molar-refractivity contribution in [1.29, 1.82) is 0 Å². The third-order valence-corrected chi connectivity index (χ3v) is 2.46. The second kappa shape index (κ2) is 4.70. The average Bonchev–Trinajstić information content (AvgIpc) is 3.10. The highest BCUT2D eigenvalue weighted by Crippen LogP contribution is 2.16. The van der Waals surface area contributed by atoms with Crippen molar-refractivity contribution in [2.24, 2.45) is 0 Å². The van der Waals surface area contributed by atoms with Crippen LogP contribution in [-0.4, -0.2) is 19.7 Å². The van der Waals surface area contributed by atoms with Gasteiger partial charge in [0.2, 0.25) is 0 Å². The molecule has 0 fully saturated rings. The van der Waals surface area contributed by atoms with Gasteiger partial charge in [0.15, 0.2) is 5.82 Å². The molecule has 0 saturated heterocycles. The van der Waals surface area contributed by atoms with Gasteiger partial charge in [0.25, 0.3) is 0 Å². The first-order valence-corrected chi connectivity index (χ1v) is 5.50. The van der Waals surface area contributed by atoms with Crippen molar-refractivity contribution in [2.45, 2.75) is 6.54 Å². The highest BCUT2D eigenvalue weighted by molar-refractivity contribution is 5.56. The fourth-order valence-corrected chi connectivity index (χ4v) is 1.63. The van der Waals surface area contributed by atoms with Crippen LogP contribution < -0.4 is 5.32 Å². The lowest BCUT2D eigenvalue weighted by Gasteiger charge is -2.09. The normalized spacial score (nSPS) is 10.4. The molecule has 0 aliphatic heterocycles. The molecule has 0 aromatic carbocycles. The van der Waals surface area contributed by atoms with Crippen molar-refractivity contribution in [2.75, 3.05) is 5.32 Å². The first-order valence-electron chi connectivity index (χ1n) is 5.50. The molecule has 0 spiro atoms. The van der Waals surface area contributed by atoms with Crippen LogP contribution >= 0.6 is 0 Å². The van der Waals surface area contributed by atoms with Gasteiger partial charge in [-0.1, -0.05) is 0 Å². The van der Waals surface area contributed by atoms with Crippen LogP contribution in [0.2, 0.25) is 0 Å². The average molecular weight is 241 g/mol. The van der Waals surface area contributed by atoms with E-state index in [-0.39, 0.29) is 0 Å². The summed E-state index contributed by atoms with van der Waals surface area (Å²) in [5.41, 5.74) is 0.874. The van der Waals surface area contributed by atoms with Crippen molar-refractivity contribution >= 4 is 5.69 Å². The van der Waals surface area contributed by atoms with Crippen molar-refractivity contribution in [3.05, 3.63) is 55.1 Å². The third kappa shape index (κ3) is 2.08. The zero-order valence-electron chi connectivity index (χ0n) is 9.52. The zero-order chi connectivity index (χ0) is 12.2. The summed E-state index contributed by atoms with van der Waals surface area (Å²) in [5.74, 6) is 1.57. The Morgan fingerprint density at radius 2 is 2.28 bits per heavy atom. The molecule has 0 bridgehead atoms. The maximum atomic E-state index is 5.27. The Morgan fingerprint density at radius 3 is 3.06 bits per heavy atom. The molecule has 3 aromatic rings. The molecule has 6 heteroatoms. The van der Waals surface area contributed by atoms with E-state index in [2.05, 4.69) is 20.4 Å². The quantitative estimate of drug-likeness (QED) is 0.755. The number of aromatic nitrogens is 4. The van der Waals surface area contributed by atoms with Gasteiger partial charge < -0.3 is 9.73 Å². The monoisotopic (exact) mass is 241 g/mol. The number of nitrogens with zero attached hydrogens (tertiary/aromatic N) is 4. The summed E-state index contributed by atoms with van der Waals surface area (Å²) in [6.45, 7) is 0.598. The van der Waals surface area contributed by atoms with Crippen LogP contribution in [0.25, 0.3) is 5.82 Å². The number of nitrogens with one attached hydrogen (secondary N) is 1. The summed E-state index contributed by atoms with van der Waals surface area (Å²) in [7, 11) is 0. The number of hydrogen-bond donors (Lipinski definition) is 1. The molecule has 0 aliphatic carbocycles. The summed E-state index contributed by atoms with van der Waals surface area (Å²) >= 11 is 0. The van der Waals surface area contributed by atoms with Crippen molar-refractivity contribution < 1.29 is 4.42 Å². The molecule has 90 valence electrons. The molecule has 18 heavy (non-hydrogen) atoms. The third-order valence-electron chi connectivity index (χ3n) is 2.46. The lowest BCUT2D eigenvalue weighted by molar-refractivity contribution is 0.518. The van der Waals surface area contributed by atoms with Crippen LogP contribution in [0.5, 0.6) is 0 Å². The Morgan fingerprint density at radius 1 is 1.28 bits per heavy atom. The van der Waals surface area contributed by atoms with Crippen LogP contribution in [0, 0.1) is 0 Å². The minimum absolute atomic E-state index is 0.598. The zero-order valence-corrected chi connectivity index (χ0v) is 9.52. The second-order valence-corrected chi connectivity index (χ2v) is 3.65. The van der Waals surface area contributed by atoms with Gasteiger partial charge in [0.05, 0.1) is 18.5 Å². The van der Waals surface area contributed by atoms with Gasteiger partial charge in [-0.15, -0.1) is 0 Å². The molecule has 1 N–H and O–H groups in total. The number of pyridine rings is 1. The summed E-state index contributed by atoms with van der Waals surface area (Å²) in [5, 5.41) is 7.33. The predicted octanol–water partition coefficient (Wildman–Crippen LogP) is 1.87. The highest BCUT2D eigenvalue weighted by atomic mass is 16.3. The second-order valence-electron chi connectivity index (χ2n) is 3.65. The maximum Gasteiger partial charge on any atom is 0.178 e. The van der Waals surface area contributed by atoms with Crippen molar-refractivity contribution in [3.8, 4) is 5.82 Å². The molecule has 3 heterocycles. The van der Waals surface area contributed by atoms with Crippen LogP contribution in [-0.2, 0) is 6.54 Å². The van der Waals surface area contributed by atoms with Gasteiger partial charge in [-0.2, -0.15) is 5.10 Å². The molecule has 0 unspecified atom stereocenters. The standard InChI is InChI=1S/C12H11N5O/c1-4-11(15-7-10-3-2-6-18-10)12(14-5-1)17-9-13-8-16-17/h1-6,8-9,15H,7H2. The number of furan rings is 1. The molecule has 3 rings (SSSR count). The fourth-order valence-electron chi connectivity index (χ4n) is 1.63. The number of rotatable bonds is 4. The Kier molecular flexibility index (Phi) is 2.75. The van der Waals surface area contributed by atoms with Crippen LogP contribution in [0.4, 0.5) is 5.69 Å². The van der Waals surface area contributed by atoms with E-state index in [4.69, 9.17) is 4.42 Å². The molecule has 0 amide bonds. The number of anilines is 1. The topological polar surface area (TPSA) is 68.8 Å². The number of hydrogen-bond acceptors (Lipinski definition) is 5. The van der Waals surface area contributed by atoms with Gasteiger partial charge in [0.1, 0.15) is 18.4 Å². The van der Waals surface area contributed by atoms with Crippen LogP contribution in [0.1, 0.15) is 5.76 Å². The molecule has 0 saturated carbocycles. The maximum absolute atomic E-state index is 5.27. The Labute approximate surface area is 103 Å². The summed E-state index contributed by atoms with van der Waals surface area (Å²) in [4.78, 5) is 8.20. The van der Waals surface area contributed by atoms with E-state index < -0.39 is 0 Å². The minimum atomic E-state index is 0.598. The van der Waals surface area contributed by atoms with Crippen molar-refractivity contribution in [1.82, 2.24) is 19.7 Å². The van der Waals surface area contributed by atoms with E-state index in [1.54, 1.807) is 23.5 Å². The van der Waals surface area contributed by atoms with Gasteiger partial charge in [-0.05, 0) is 24.3 Å². The molecule has 6 nitrogen and oxygen atoms in total. The van der Waals surface area contributed by atoms with Crippen LogP contribution in [0.15, 0.2) is 53.8 Å². The van der Waals surface area contributed by atoms with Crippen LogP contribution in [0.3, 0.4) is 0 Å². The van der Waals surface area contributed by atoms with Gasteiger partial charge in [0, 0.05) is 6.20 Å². The molecule has 0 aliphatic rings. The first-order chi connectivity index (χ1) is 8.93. The predicted molar refractivity (Wildman–Crippen MR) is 65.2 cm³/mol. The van der Waals surface area contributed by atoms with E-state index in [9.17, 15) is 0 Å².